The molecule has 0 unspecified atom stereocenters. The predicted molar refractivity (Wildman–Crippen MR) is 58.2 cm³/mol. The van der Waals surface area contributed by atoms with Gasteiger partial charge in [-0.25, -0.2) is 9.97 Å². The first-order valence-electron chi connectivity index (χ1n) is 4.52. The van der Waals surface area contributed by atoms with Crippen LogP contribution in [-0.4, -0.2) is 23.1 Å². The minimum absolute atomic E-state index is 0.341. The van der Waals surface area contributed by atoms with Crippen LogP contribution in [0.1, 0.15) is 12.7 Å². The van der Waals surface area contributed by atoms with Crippen LogP contribution < -0.4 is 4.90 Å². The Kier molecular flexibility index (Phi) is 2.54. The van der Waals surface area contributed by atoms with Gasteiger partial charge in [0.25, 0.3) is 0 Å². The van der Waals surface area contributed by atoms with E-state index in [4.69, 9.17) is 23.2 Å². The molecule has 0 N–H and O–H groups in total. The van der Waals surface area contributed by atoms with Gasteiger partial charge in [-0.05, 0) is 12.8 Å². The molecule has 76 valence electrons. The molecule has 5 heteroatoms. The van der Waals surface area contributed by atoms with Gasteiger partial charge >= 0.3 is 0 Å². The Bertz CT molecular complexity index is 361. The van der Waals surface area contributed by atoms with E-state index in [-0.39, 0.29) is 0 Å². The van der Waals surface area contributed by atoms with Gasteiger partial charge in [-0.3, -0.25) is 0 Å². The summed E-state index contributed by atoms with van der Waals surface area (Å²) < 4.78 is 0. The average Bonchev–Trinajstić information content (AvgIpc) is 2.06. The van der Waals surface area contributed by atoms with Crippen LogP contribution in [0.25, 0.3) is 0 Å². The predicted octanol–water partition coefficient (Wildman–Crippen LogP) is 2.55. The molecule has 0 radical (unpaired) electrons. The number of hydrogen-bond acceptors (Lipinski definition) is 3. The molecule has 14 heavy (non-hydrogen) atoms. The van der Waals surface area contributed by atoms with Crippen molar-refractivity contribution < 1.29 is 0 Å². The summed E-state index contributed by atoms with van der Waals surface area (Å²) in [7, 11) is 0. The molecule has 0 bridgehead atoms. The summed E-state index contributed by atoms with van der Waals surface area (Å²) in [5, 5.41) is 0.804. The lowest BCUT2D eigenvalue weighted by Gasteiger charge is -2.38. The third-order valence-electron chi connectivity index (χ3n) is 2.27. The van der Waals surface area contributed by atoms with Crippen molar-refractivity contribution in [2.45, 2.75) is 13.8 Å². The van der Waals surface area contributed by atoms with Crippen LogP contribution in [0.3, 0.4) is 0 Å². The first-order valence-corrected chi connectivity index (χ1v) is 5.28. The molecule has 2 heterocycles. The Morgan fingerprint density at radius 2 is 1.93 bits per heavy atom. The number of nitrogens with zero attached hydrogens (tertiary/aromatic N) is 3. The molecule has 0 spiro atoms. The van der Waals surface area contributed by atoms with Crippen molar-refractivity contribution in [1.29, 1.82) is 0 Å². The van der Waals surface area contributed by atoms with Crippen LogP contribution in [0.2, 0.25) is 10.2 Å². The first kappa shape index (κ1) is 9.99. The Hall–Kier alpha value is -0.540. The van der Waals surface area contributed by atoms with Gasteiger partial charge in [-0.1, -0.05) is 30.1 Å². The number of aryl methyl sites for hydroxylation is 1. The molecule has 0 aliphatic carbocycles. The lowest BCUT2D eigenvalue weighted by Crippen LogP contribution is -2.45. The molecule has 1 fully saturated rings. The molecule has 0 amide bonds. The number of hydrogen-bond donors (Lipinski definition) is 0. The minimum Gasteiger partial charge on any atom is -0.355 e. The highest BCUT2D eigenvalue weighted by Crippen LogP contribution is 2.33. The van der Waals surface area contributed by atoms with Crippen molar-refractivity contribution in [2.75, 3.05) is 18.0 Å². The maximum Gasteiger partial charge on any atom is 0.153 e. The van der Waals surface area contributed by atoms with Crippen LogP contribution >= 0.6 is 23.2 Å². The van der Waals surface area contributed by atoms with E-state index in [9.17, 15) is 0 Å². The molecule has 1 saturated heterocycles. The van der Waals surface area contributed by atoms with E-state index in [0.717, 1.165) is 18.9 Å². The van der Waals surface area contributed by atoms with Crippen LogP contribution in [0, 0.1) is 12.8 Å². The Balaban J connectivity index is 2.33. The summed E-state index contributed by atoms with van der Waals surface area (Å²) in [4.78, 5) is 10.4. The molecule has 0 aromatic carbocycles. The van der Waals surface area contributed by atoms with Crippen molar-refractivity contribution in [1.82, 2.24) is 9.97 Å². The van der Waals surface area contributed by atoms with Gasteiger partial charge in [0, 0.05) is 13.1 Å². The van der Waals surface area contributed by atoms with Gasteiger partial charge in [0.1, 0.15) is 10.8 Å². The van der Waals surface area contributed by atoms with E-state index >= 15 is 0 Å². The smallest absolute Gasteiger partial charge is 0.153 e. The van der Waals surface area contributed by atoms with Crippen LogP contribution in [0.15, 0.2) is 0 Å². The maximum atomic E-state index is 6.02. The monoisotopic (exact) mass is 231 g/mol. The van der Waals surface area contributed by atoms with Gasteiger partial charge < -0.3 is 4.90 Å². The second-order valence-corrected chi connectivity index (χ2v) is 4.45. The highest BCUT2D eigenvalue weighted by atomic mass is 35.5. The van der Waals surface area contributed by atoms with Crippen molar-refractivity contribution >= 4 is 29.0 Å². The fourth-order valence-electron chi connectivity index (χ4n) is 1.59. The number of halogens is 2. The summed E-state index contributed by atoms with van der Waals surface area (Å²) in [5.41, 5.74) is 0. The third kappa shape index (κ3) is 1.66. The lowest BCUT2D eigenvalue weighted by molar-refractivity contribution is 0.443. The molecule has 0 saturated carbocycles. The Labute approximate surface area is 93.1 Å². The van der Waals surface area contributed by atoms with Crippen molar-refractivity contribution in [2.24, 2.45) is 5.92 Å². The van der Waals surface area contributed by atoms with E-state index in [2.05, 4.69) is 21.8 Å². The first-order chi connectivity index (χ1) is 6.58. The fourth-order valence-corrected chi connectivity index (χ4v) is 2.00. The molecule has 2 rings (SSSR count). The zero-order chi connectivity index (χ0) is 10.3. The van der Waals surface area contributed by atoms with Crippen LogP contribution in [0.4, 0.5) is 5.82 Å². The standard InChI is InChI=1S/C9H11Cl2N3/c1-5-3-14(4-5)9-7(10)8(11)12-6(2)13-9/h5H,3-4H2,1-2H3. The van der Waals surface area contributed by atoms with Gasteiger partial charge in [0.15, 0.2) is 11.0 Å². The maximum absolute atomic E-state index is 6.02. The fraction of sp³-hybridized carbons (Fsp3) is 0.556. The van der Waals surface area contributed by atoms with Crippen molar-refractivity contribution in [3.63, 3.8) is 0 Å². The molecular weight excluding hydrogens is 221 g/mol. The average molecular weight is 232 g/mol. The molecule has 3 nitrogen and oxygen atoms in total. The largest absolute Gasteiger partial charge is 0.355 e. The number of rotatable bonds is 1. The summed E-state index contributed by atoms with van der Waals surface area (Å²) >= 11 is 11.9. The van der Waals surface area contributed by atoms with Gasteiger partial charge in [-0.15, -0.1) is 0 Å². The van der Waals surface area contributed by atoms with Crippen molar-refractivity contribution in [3.05, 3.63) is 16.0 Å². The van der Waals surface area contributed by atoms with Crippen LogP contribution in [-0.2, 0) is 0 Å². The number of anilines is 1. The third-order valence-corrected chi connectivity index (χ3v) is 2.99. The second kappa shape index (κ2) is 3.55. The highest BCUT2D eigenvalue weighted by Gasteiger charge is 2.26. The van der Waals surface area contributed by atoms with E-state index in [1.165, 1.54) is 0 Å². The molecule has 1 aliphatic rings. The quantitative estimate of drug-likeness (QED) is 0.696. The SMILES string of the molecule is Cc1nc(Cl)c(Cl)c(N2CC(C)C2)n1. The van der Waals surface area contributed by atoms with Gasteiger partial charge in [0.2, 0.25) is 0 Å². The van der Waals surface area contributed by atoms with Gasteiger partial charge in [0.05, 0.1) is 0 Å². The van der Waals surface area contributed by atoms with E-state index in [1.54, 1.807) is 0 Å². The lowest BCUT2D eigenvalue weighted by atomic mass is 10.0. The highest BCUT2D eigenvalue weighted by molar-refractivity contribution is 6.42. The summed E-state index contributed by atoms with van der Waals surface area (Å²) in [6.45, 7) is 5.99. The zero-order valence-electron chi connectivity index (χ0n) is 8.09. The summed E-state index contributed by atoms with van der Waals surface area (Å²) in [5.74, 6) is 2.14. The van der Waals surface area contributed by atoms with Crippen molar-refractivity contribution in [3.8, 4) is 0 Å². The molecule has 0 atom stereocenters. The normalized spacial score (nSPS) is 17.0. The molecule has 1 aromatic heterocycles. The Morgan fingerprint density at radius 3 is 2.50 bits per heavy atom. The summed E-state index contributed by atoms with van der Waals surface area (Å²) in [6.07, 6.45) is 0. The second-order valence-electron chi connectivity index (χ2n) is 3.71. The number of aromatic nitrogens is 2. The van der Waals surface area contributed by atoms with E-state index in [1.807, 2.05) is 6.92 Å². The topological polar surface area (TPSA) is 29.0 Å². The van der Waals surface area contributed by atoms with E-state index < -0.39 is 0 Å². The summed E-state index contributed by atoms with van der Waals surface area (Å²) in [6, 6.07) is 0. The molecule has 1 aromatic rings. The Morgan fingerprint density at radius 1 is 1.29 bits per heavy atom. The molecule has 1 aliphatic heterocycles. The van der Waals surface area contributed by atoms with Gasteiger partial charge in [-0.2, -0.15) is 0 Å². The molecular formula is C9H11Cl2N3. The van der Waals surface area contributed by atoms with E-state index in [0.29, 0.717) is 21.9 Å². The minimum atomic E-state index is 0.341. The van der Waals surface area contributed by atoms with Crippen LogP contribution in [0.5, 0.6) is 0 Å². The zero-order valence-corrected chi connectivity index (χ0v) is 9.60.